The highest BCUT2D eigenvalue weighted by molar-refractivity contribution is 7.12. The summed E-state index contributed by atoms with van der Waals surface area (Å²) < 4.78 is 0. The van der Waals surface area contributed by atoms with E-state index >= 15 is 0 Å². The van der Waals surface area contributed by atoms with Gasteiger partial charge >= 0.3 is 0 Å². The van der Waals surface area contributed by atoms with Gasteiger partial charge in [0.05, 0.1) is 5.38 Å². The zero-order valence-corrected chi connectivity index (χ0v) is 6.51. The monoisotopic (exact) mass is 161 g/mol. The molecule has 0 amide bonds. The fourth-order valence-electron chi connectivity index (χ4n) is 0.821. The molecule has 2 aromatic rings. The van der Waals surface area contributed by atoms with Crippen LogP contribution in [0.5, 0.6) is 0 Å². The van der Waals surface area contributed by atoms with Crippen molar-refractivity contribution in [1.82, 2.24) is 9.97 Å². The van der Waals surface area contributed by atoms with Gasteiger partial charge in [-0.1, -0.05) is 0 Å². The van der Waals surface area contributed by atoms with Crippen LogP contribution >= 0.6 is 11.3 Å². The van der Waals surface area contributed by atoms with Crippen LogP contribution in [-0.4, -0.2) is 9.97 Å². The molecular weight excluding hydrogens is 156 g/mol. The maximum Gasteiger partial charge on any atom is 0.124 e. The van der Waals surface area contributed by atoms with Crippen molar-refractivity contribution in [3.05, 3.63) is 36.1 Å². The van der Waals surface area contributed by atoms with Crippen LogP contribution in [0.2, 0.25) is 0 Å². The number of rotatable bonds is 1. The van der Waals surface area contributed by atoms with E-state index in [0.29, 0.717) is 0 Å². The number of hydrogen-bond donors (Lipinski definition) is 0. The summed E-state index contributed by atoms with van der Waals surface area (Å²) >= 11 is 1.51. The van der Waals surface area contributed by atoms with Crippen molar-refractivity contribution in [1.29, 1.82) is 0 Å². The topological polar surface area (TPSA) is 25.8 Å². The standard InChI is InChI=1S/C8H5N2S/c1-3-9-4-2-7(1)8-10-5-6-11-8/h1-5H. The van der Waals surface area contributed by atoms with E-state index in [4.69, 9.17) is 0 Å². The number of thiazole rings is 1. The van der Waals surface area contributed by atoms with E-state index in [2.05, 4.69) is 15.3 Å². The molecule has 0 aliphatic carbocycles. The van der Waals surface area contributed by atoms with Gasteiger partial charge in [-0.3, -0.25) is 4.98 Å². The van der Waals surface area contributed by atoms with Crippen molar-refractivity contribution in [3.63, 3.8) is 0 Å². The lowest BCUT2D eigenvalue weighted by Crippen LogP contribution is -1.74. The van der Waals surface area contributed by atoms with Gasteiger partial charge in [0.15, 0.2) is 0 Å². The third kappa shape index (κ3) is 1.28. The third-order valence-electron chi connectivity index (χ3n) is 1.32. The van der Waals surface area contributed by atoms with Crippen molar-refractivity contribution in [2.75, 3.05) is 0 Å². The molecule has 0 bridgehead atoms. The van der Waals surface area contributed by atoms with Crippen LogP contribution in [0.4, 0.5) is 0 Å². The smallest absolute Gasteiger partial charge is 0.124 e. The zero-order valence-electron chi connectivity index (χ0n) is 5.69. The maximum atomic E-state index is 4.12. The summed E-state index contributed by atoms with van der Waals surface area (Å²) in [6, 6.07) is 3.87. The molecule has 2 nitrogen and oxygen atoms in total. The number of nitrogens with zero attached hydrogens (tertiary/aromatic N) is 2. The SMILES string of the molecule is [c]1cnc(-c2ccncc2)s1. The Kier molecular flexibility index (Phi) is 1.65. The largest absolute Gasteiger partial charge is 0.265 e. The quantitative estimate of drug-likeness (QED) is 0.639. The Bertz CT molecular complexity index is 315. The van der Waals surface area contributed by atoms with E-state index in [1.165, 1.54) is 11.3 Å². The predicted octanol–water partition coefficient (Wildman–Crippen LogP) is 2.01. The Hall–Kier alpha value is -1.22. The van der Waals surface area contributed by atoms with Crippen LogP contribution in [0.3, 0.4) is 0 Å². The molecule has 0 unspecified atom stereocenters. The van der Waals surface area contributed by atoms with E-state index in [9.17, 15) is 0 Å². The van der Waals surface area contributed by atoms with Crippen LogP contribution < -0.4 is 0 Å². The molecule has 53 valence electrons. The van der Waals surface area contributed by atoms with E-state index in [1.54, 1.807) is 18.6 Å². The number of pyridine rings is 1. The van der Waals surface area contributed by atoms with Gasteiger partial charge < -0.3 is 0 Å². The van der Waals surface area contributed by atoms with Gasteiger partial charge in [0.2, 0.25) is 0 Å². The zero-order chi connectivity index (χ0) is 7.52. The molecule has 2 rings (SSSR count). The van der Waals surface area contributed by atoms with Gasteiger partial charge in [0.1, 0.15) is 5.01 Å². The van der Waals surface area contributed by atoms with E-state index < -0.39 is 0 Å². The van der Waals surface area contributed by atoms with Gasteiger partial charge in [-0.05, 0) is 12.1 Å². The summed E-state index contributed by atoms with van der Waals surface area (Å²) in [6.45, 7) is 0. The van der Waals surface area contributed by atoms with Gasteiger partial charge in [-0.15, -0.1) is 11.3 Å². The number of hydrogen-bond acceptors (Lipinski definition) is 3. The maximum absolute atomic E-state index is 4.12. The minimum atomic E-state index is 0.993. The summed E-state index contributed by atoms with van der Waals surface area (Å²) in [5.41, 5.74) is 1.10. The molecule has 0 N–H and O–H groups in total. The van der Waals surface area contributed by atoms with Crippen molar-refractivity contribution in [3.8, 4) is 10.6 Å². The first-order chi connectivity index (χ1) is 5.47. The summed E-state index contributed by atoms with van der Waals surface area (Å²) in [4.78, 5) is 8.04. The summed E-state index contributed by atoms with van der Waals surface area (Å²) in [5.74, 6) is 0. The van der Waals surface area contributed by atoms with Crippen LogP contribution in [0.15, 0.2) is 30.7 Å². The molecule has 0 spiro atoms. The third-order valence-corrected chi connectivity index (χ3v) is 2.08. The Morgan fingerprint density at radius 3 is 2.73 bits per heavy atom. The fourth-order valence-corrected chi connectivity index (χ4v) is 1.40. The first-order valence-corrected chi connectivity index (χ1v) is 4.01. The molecule has 0 fully saturated rings. The molecule has 2 aromatic heterocycles. The van der Waals surface area contributed by atoms with Crippen LogP contribution in [0.1, 0.15) is 0 Å². The van der Waals surface area contributed by atoms with E-state index in [1.807, 2.05) is 12.1 Å². The van der Waals surface area contributed by atoms with E-state index in [-0.39, 0.29) is 0 Å². The molecule has 2 heterocycles. The lowest BCUT2D eigenvalue weighted by Gasteiger charge is -1.91. The predicted molar refractivity (Wildman–Crippen MR) is 44.2 cm³/mol. The van der Waals surface area contributed by atoms with Gasteiger partial charge in [-0.25, -0.2) is 4.98 Å². The lowest BCUT2D eigenvalue weighted by atomic mass is 10.3. The second-order valence-corrected chi connectivity index (χ2v) is 2.85. The molecule has 0 aromatic carbocycles. The molecule has 11 heavy (non-hydrogen) atoms. The number of aromatic nitrogens is 2. The molecule has 0 aliphatic heterocycles. The molecule has 0 saturated carbocycles. The molecule has 0 atom stereocenters. The Morgan fingerprint density at radius 1 is 1.27 bits per heavy atom. The van der Waals surface area contributed by atoms with Crippen molar-refractivity contribution >= 4 is 11.3 Å². The molecule has 0 saturated heterocycles. The van der Waals surface area contributed by atoms with Crippen LogP contribution in [-0.2, 0) is 0 Å². The van der Waals surface area contributed by atoms with Crippen LogP contribution in [0.25, 0.3) is 10.6 Å². The van der Waals surface area contributed by atoms with E-state index in [0.717, 1.165) is 10.6 Å². The second-order valence-electron chi connectivity index (χ2n) is 2.02. The molecule has 0 aliphatic rings. The van der Waals surface area contributed by atoms with Crippen molar-refractivity contribution < 1.29 is 0 Å². The highest BCUT2D eigenvalue weighted by Crippen LogP contribution is 2.19. The first kappa shape index (κ1) is 6.49. The first-order valence-electron chi connectivity index (χ1n) is 3.19. The van der Waals surface area contributed by atoms with Crippen molar-refractivity contribution in [2.45, 2.75) is 0 Å². The summed E-state index contributed by atoms with van der Waals surface area (Å²) in [5, 5.41) is 3.93. The van der Waals surface area contributed by atoms with Gasteiger partial charge in [0, 0.05) is 24.2 Å². The molecule has 1 radical (unpaired) electrons. The van der Waals surface area contributed by atoms with Gasteiger partial charge in [-0.2, -0.15) is 0 Å². The molecule has 3 heteroatoms. The summed E-state index contributed by atoms with van der Waals surface area (Å²) in [7, 11) is 0. The van der Waals surface area contributed by atoms with Gasteiger partial charge in [0.25, 0.3) is 0 Å². The van der Waals surface area contributed by atoms with Crippen molar-refractivity contribution in [2.24, 2.45) is 0 Å². The summed E-state index contributed by atoms with van der Waals surface area (Å²) in [6.07, 6.45) is 5.20. The Morgan fingerprint density at radius 2 is 2.09 bits per heavy atom. The lowest BCUT2D eigenvalue weighted by molar-refractivity contribution is 1.32. The average Bonchev–Trinajstić information content (AvgIpc) is 2.58. The minimum absolute atomic E-state index is 0.993. The molecular formula is C8H5N2S. The highest BCUT2D eigenvalue weighted by Gasteiger charge is 1.96. The Balaban J connectivity index is 2.46. The highest BCUT2D eigenvalue weighted by atomic mass is 32.1. The van der Waals surface area contributed by atoms with Crippen LogP contribution in [0, 0.1) is 5.38 Å². The minimum Gasteiger partial charge on any atom is -0.265 e. The second kappa shape index (κ2) is 2.80. The normalized spacial score (nSPS) is 9.82. The fraction of sp³-hybridized carbons (Fsp3) is 0. The Labute approximate surface area is 68.6 Å². The average molecular weight is 161 g/mol.